The molecule has 0 spiro atoms. The van der Waals surface area contributed by atoms with E-state index in [2.05, 4.69) is 40.7 Å². The average molecular weight is 361 g/mol. The molecule has 0 radical (unpaired) electrons. The van der Waals surface area contributed by atoms with Gasteiger partial charge in [0.15, 0.2) is 0 Å². The summed E-state index contributed by atoms with van der Waals surface area (Å²) in [5.74, 6) is 2.02. The summed E-state index contributed by atoms with van der Waals surface area (Å²) in [4.78, 5) is 0. The van der Waals surface area contributed by atoms with Crippen LogP contribution in [0.15, 0.2) is 12.1 Å². The third kappa shape index (κ3) is 3.74. The Balaban J connectivity index is 1.95. The number of hydrogen-bond donors (Lipinski definition) is 1. The highest BCUT2D eigenvalue weighted by molar-refractivity contribution is 5.52. The standard InChI is InChI=1S/C23H36O3/c1-6-8-9-10-16-13-19(24)21-17-15-23(5,26-20(21)14-16)12-11-18(17)22(3,4)25-7-2/h13-14,17-18,24H,6-12,15H2,1-5H3. The molecule has 1 aromatic carbocycles. The fraction of sp³-hybridized carbons (Fsp3) is 0.739. The smallest absolute Gasteiger partial charge is 0.127 e. The van der Waals surface area contributed by atoms with Gasteiger partial charge in [0.25, 0.3) is 0 Å². The molecule has 3 unspecified atom stereocenters. The predicted octanol–water partition coefficient (Wildman–Crippen LogP) is 5.97. The van der Waals surface area contributed by atoms with Crippen LogP contribution >= 0.6 is 0 Å². The minimum Gasteiger partial charge on any atom is -0.508 e. The zero-order valence-corrected chi connectivity index (χ0v) is 17.2. The summed E-state index contributed by atoms with van der Waals surface area (Å²) in [6.45, 7) is 11.6. The molecule has 1 N–H and O–H groups in total. The van der Waals surface area contributed by atoms with E-state index in [0.29, 0.717) is 17.6 Å². The summed E-state index contributed by atoms with van der Waals surface area (Å²) >= 11 is 0. The normalized spacial score (nSPS) is 27.7. The van der Waals surface area contributed by atoms with E-state index in [1.165, 1.54) is 18.4 Å². The number of aryl methyl sites for hydroxylation is 1. The van der Waals surface area contributed by atoms with Crippen LogP contribution in [0.5, 0.6) is 11.5 Å². The lowest BCUT2D eigenvalue weighted by atomic mass is 9.62. The molecule has 26 heavy (non-hydrogen) atoms. The Morgan fingerprint density at radius 1 is 1.27 bits per heavy atom. The lowest BCUT2D eigenvalue weighted by Gasteiger charge is -2.51. The highest BCUT2D eigenvalue weighted by Gasteiger charge is 2.50. The Morgan fingerprint density at radius 2 is 2.04 bits per heavy atom. The van der Waals surface area contributed by atoms with E-state index in [1.807, 2.05) is 6.07 Å². The lowest BCUT2D eigenvalue weighted by Crippen LogP contribution is -2.50. The van der Waals surface area contributed by atoms with Crippen molar-refractivity contribution < 1.29 is 14.6 Å². The van der Waals surface area contributed by atoms with E-state index in [0.717, 1.165) is 50.0 Å². The minimum absolute atomic E-state index is 0.120. The number of phenolic OH excluding ortho intramolecular Hbond substituents is 1. The number of benzene rings is 1. The van der Waals surface area contributed by atoms with Gasteiger partial charge in [-0.25, -0.2) is 0 Å². The summed E-state index contributed by atoms with van der Waals surface area (Å²) < 4.78 is 12.6. The molecule has 1 fully saturated rings. The van der Waals surface area contributed by atoms with E-state index < -0.39 is 0 Å². The number of hydrogen-bond acceptors (Lipinski definition) is 3. The van der Waals surface area contributed by atoms with Gasteiger partial charge >= 0.3 is 0 Å². The summed E-state index contributed by atoms with van der Waals surface area (Å²) in [5.41, 5.74) is 1.89. The van der Waals surface area contributed by atoms with Crippen molar-refractivity contribution in [1.82, 2.24) is 0 Å². The quantitative estimate of drug-likeness (QED) is 0.608. The molecule has 3 rings (SSSR count). The first-order valence-corrected chi connectivity index (χ1v) is 10.5. The molecule has 1 aromatic rings. The first kappa shape index (κ1) is 19.5. The molecular formula is C23H36O3. The molecule has 0 saturated heterocycles. The molecule has 3 atom stereocenters. The summed E-state index contributed by atoms with van der Waals surface area (Å²) in [7, 11) is 0. The molecule has 2 bridgehead atoms. The molecular weight excluding hydrogens is 324 g/mol. The molecule has 0 aromatic heterocycles. The van der Waals surface area contributed by atoms with Crippen molar-refractivity contribution in [1.29, 1.82) is 0 Å². The van der Waals surface area contributed by atoms with Gasteiger partial charge in [-0.05, 0) is 83.4 Å². The van der Waals surface area contributed by atoms with Crippen LogP contribution in [0.25, 0.3) is 0 Å². The molecule has 1 heterocycles. The zero-order valence-electron chi connectivity index (χ0n) is 17.2. The largest absolute Gasteiger partial charge is 0.508 e. The SMILES string of the molecule is CCCCCc1cc(O)c2c(c1)OC1(C)CCC(C(C)(C)OCC)C2C1. The van der Waals surface area contributed by atoms with E-state index in [1.54, 1.807) is 0 Å². The molecule has 146 valence electrons. The van der Waals surface area contributed by atoms with Gasteiger partial charge in [-0.3, -0.25) is 0 Å². The maximum atomic E-state index is 10.9. The Kier molecular flexibility index (Phi) is 5.58. The molecule has 0 amide bonds. The van der Waals surface area contributed by atoms with Crippen molar-refractivity contribution in [2.75, 3.05) is 6.61 Å². The third-order valence-electron chi connectivity index (χ3n) is 6.51. The van der Waals surface area contributed by atoms with Gasteiger partial charge in [-0.2, -0.15) is 0 Å². The van der Waals surface area contributed by atoms with Gasteiger partial charge in [0.1, 0.15) is 17.1 Å². The number of fused-ring (bicyclic) bond motifs is 4. The fourth-order valence-corrected chi connectivity index (χ4v) is 5.19. The second-order valence-electron chi connectivity index (χ2n) is 9.03. The van der Waals surface area contributed by atoms with Crippen molar-refractivity contribution in [2.24, 2.45) is 5.92 Å². The van der Waals surface area contributed by atoms with Gasteiger partial charge in [0.2, 0.25) is 0 Å². The Hall–Kier alpha value is -1.22. The minimum atomic E-state index is -0.193. The van der Waals surface area contributed by atoms with Gasteiger partial charge in [-0.15, -0.1) is 0 Å². The predicted molar refractivity (Wildman–Crippen MR) is 106 cm³/mol. The van der Waals surface area contributed by atoms with Crippen LogP contribution in [0, 0.1) is 5.92 Å². The molecule has 1 aliphatic heterocycles. The van der Waals surface area contributed by atoms with E-state index in [4.69, 9.17) is 9.47 Å². The van der Waals surface area contributed by atoms with Crippen molar-refractivity contribution in [3.8, 4) is 11.5 Å². The first-order valence-electron chi connectivity index (χ1n) is 10.5. The lowest BCUT2D eigenvalue weighted by molar-refractivity contribution is -0.101. The number of ether oxygens (including phenoxy) is 2. The third-order valence-corrected chi connectivity index (χ3v) is 6.51. The molecule has 1 aliphatic carbocycles. The monoisotopic (exact) mass is 360 g/mol. The Morgan fingerprint density at radius 3 is 2.73 bits per heavy atom. The van der Waals surface area contributed by atoms with Crippen molar-refractivity contribution in [3.05, 3.63) is 23.3 Å². The first-order chi connectivity index (χ1) is 12.3. The van der Waals surface area contributed by atoms with Gasteiger partial charge < -0.3 is 14.6 Å². The molecule has 3 heteroatoms. The van der Waals surface area contributed by atoms with Crippen molar-refractivity contribution >= 4 is 0 Å². The second kappa shape index (κ2) is 7.42. The Bertz CT molecular complexity index is 637. The average Bonchev–Trinajstić information content (AvgIpc) is 2.53. The highest BCUT2D eigenvalue weighted by Crippen LogP contribution is 2.57. The van der Waals surface area contributed by atoms with Crippen LogP contribution in [0.3, 0.4) is 0 Å². The molecule has 1 saturated carbocycles. The number of rotatable bonds is 7. The second-order valence-corrected chi connectivity index (χ2v) is 9.03. The van der Waals surface area contributed by atoms with E-state index >= 15 is 0 Å². The maximum Gasteiger partial charge on any atom is 0.127 e. The van der Waals surface area contributed by atoms with Crippen molar-refractivity contribution in [2.45, 2.75) is 96.7 Å². The van der Waals surface area contributed by atoms with E-state index in [9.17, 15) is 5.11 Å². The van der Waals surface area contributed by atoms with Gasteiger partial charge in [0, 0.05) is 18.1 Å². The van der Waals surface area contributed by atoms with Crippen LogP contribution in [0.2, 0.25) is 0 Å². The van der Waals surface area contributed by atoms with Crippen LogP contribution in [0.4, 0.5) is 0 Å². The van der Waals surface area contributed by atoms with Crippen LogP contribution in [-0.4, -0.2) is 22.9 Å². The van der Waals surface area contributed by atoms with Crippen LogP contribution in [-0.2, 0) is 11.2 Å². The van der Waals surface area contributed by atoms with Crippen molar-refractivity contribution in [3.63, 3.8) is 0 Å². The molecule has 2 aliphatic rings. The topological polar surface area (TPSA) is 38.7 Å². The number of aromatic hydroxyl groups is 1. The van der Waals surface area contributed by atoms with Gasteiger partial charge in [-0.1, -0.05) is 19.8 Å². The number of unbranched alkanes of at least 4 members (excludes halogenated alkanes) is 2. The zero-order chi connectivity index (χ0) is 18.9. The van der Waals surface area contributed by atoms with Gasteiger partial charge in [0.05, 0.1) is 5.60 Å². The van der Waals surface area contributed by atoms with Crippen LogP contribution < -0.4 is 4.74 Å². The maximum absolute atomic E-state index is 10.9. The summed E-state index contributed by atoms with van der Waals surface area (Å²) in [5, 5.41) is 10.9. The summed E-state index contributed by atoms with van der Waals surface area (Å²) in [6.07, 6.45) is 7.69. The van der Waals surface area contributed by atoms with Crippen LogP contribution in [0.1, 0.15) is 90.2 Å². The highest BCUT2D eigenvalue weighted by atomic mass is 16.5. The fourth-order valence-electron chi connectivity index (χ4n) is 5.19. The summed E-state index contributed by atoms with van der Waals surface area (Å²) in [6, 6.07) is 4.16. The Labute approximate surface area is 159 Å². The molecule has 3 nitrogen and oxygen atoms in total. The number of phenols is 1. The van der Waals surface area contributed by atoms with E-state index in [-0.39, 0.29) is 11.2 Å².